The van der Waals surface area contributed by atoms with Gasteiger partial charge in [0.2, 0.25) is 5.91 Å². The summed E-state index contributed by atoms with van der Waals surface area (Å²) in [5.41, 5.74) is 2.27. The molecule has 2 aromatic rings. The van der Waals surface area contributed by atoms with Crippen LogP contribution in [0.25, 0.3) is 0 Å². The minimum Gasteiger partial charge on any atom is -0.497 e. The van der Waals surface area contributed by atoms with Crippen LogP contribution in [0.5, 0.6) is 11.5 Å². The Balaban J connectivity index is 1.41. The van der Waals surface area contributed by atoms with Crippen LogP contribution in [-0.2, 0) is 16.1 Å². The van der Waals surface area contributed by atoms with Crippen molar-refractivity contribution in [2.75, 3.05) is 40.5 Å². The molecule has 0 aliphatic carbocycles. The predicted octanol–water partition coefficient (Wildman–Crippen LogP) is 3.56. The quantitative estimate of drug-likeness (QED) is 0.572. The molecule has 1 unspecified atom stereocenters. The number of rotatable bonds is 11. The molecule has 2 aromatic carbocycles. The first kappa shape index (κ1) is 22.1. The summed E-state index contributed by atoms with van der Waals surface area (Å²) in [7, 11) is 3.32. The number of benzene rings is 2. The maximum Gasteiger partial charge on any atom is 0.234 e. The number of amides is 1. The molecule has 6 nitrogen and oxygen atoms in total. The van der Waals surface area contributed by atoms with Gasteiger partial charge in [-0.05, 0) is 37.4 Å². The van der Waals surface area contributed by atoms with E-state index in [9.17, 15) is 4.79 Å². The lowest BCUT2D eigenvalue weighted by Crippen LogP contribution is -2.37. The van der Waals surface area contributed by atoms with Crippen LogP contribution in [0.4, 0.5) is 0 Å². The molecule has 1 N–H and O–H groups in total. The first-order valence-electron chi connectivity index (χ1n) is 10.6. The third kappa shape index (κ3) is 6.21. The Hall–Kier alpha value is -2.57. The second-order valence-corrected chi connectivity index (χ2v) is 7.48. The van der Waals surface area contributed by atoms with Gasteiger partial charge in [0.25, 0.3) is 0 Å². The standard InChI is InChI=1S/C24H32N2O4/c1-28-20-11-12-21(23(16-20)29-2)22-10-6-14-26(22)17-24(27)25-13-7-15-30-18-19-8-4-3-5-9-19/h3-5,8-9,11-12,16,22H,6-7,10,13-15,17-18H2,1-2H3,(H,25,27). The molecule has 0 radical (unpaired) electrons. The number of nitrogens with zero attached hydrogens (tertiary/aromatic N) is 1. The van der Waals surface area contributed by atoms with Gasteiger partial charge in [0.05, 0.1) is 27.4 Å². The Labute approximate surface area is 179 Å². The molecule has 1 amide bonds. The van der Waals surface area contributed by atoms with E-state index in [1.54, 1.807) is 14.2 Å². The van der Waals surface area contributed by atoms with E-state index >= 15 is 0 Å². The minimum atomic E-state index is 0.0532. The normalized spacial score (nSPS) is 16.4. The summed E-state index contributed by atoms with van der Waals surface area (Å²) in [5, 5.41) is 3.02. The van der Waals surface area contributed by atoms with Crippen LogP contribution >= 0.6 is 0 Å². The number of hydrogen-bond acceptors (Lipinski definition) is 5. The highest BCUT2D eigenvalue weighted by Crippen LogP contribution is 2.38. The molecule has 0 aromatic heterocycles. The van der Waals surface area contributed by atoms with E-state index < -0.39 is 0 Å². The molecule has 1 fully saturated rings. The summed E-state index contributed by atoms with van der Waals surface area (Å²) in [4.78, 5) is 14.7. The number of hydrogen-bond donors (Lipinski definition) is 1. The van der Waals surface area contributed by atoms with Crippen molar-refractivity contribution in [1.29, 1.82) is 0 Å². The molecule has 0 saturated carbocycles. The van der Waals surface area contributed by atoms with Crippen molar-refractivity contribution < 1.29 is 19.0 Å². The fourth-order valence-corrected chi connectivity index (χ4v) is 3.87. The van der Waals surface area contributed by atoms with Crippen LogP contribution in [0.1, 0.15) is 36.4 Å². The van der Waals surface area contributed by atoms with Crippen LogP contribution in [0.3, 0.4) is 0 Å². The van der Waals surface area contributed by atoms with Crippen molar-refractivity contribution in [3.05, 3.63) is 59.7 Å². The maximum absolute atomic E-state index is 12.4. The third-order valence-electron chi connectivity index (χ3n) is 5.41. The third-order valence-corrected chi connectivity index (χ3v) is 5.41. The van der Waals surface area contributed by atoms with Crippen LogP contribution in [0.15, 0.2) is 48.5 Å². The Bertz CT molecular complexity index is 797. The molecule has 1 aliphatic heterocycles. The molecule has 3 rings (SSSR count). The molecule has 30 heavy (non-hydrogen) atoms. The van der Waals surface area contributed by atoms with Gasteiger partial charge < -0.3 is 19.5 Å². The fourth-order valence-electron chi connectivity index (χ4n) is 3.87. The van der Waals surface area contributed by atoms with Gasteiger partial charge in [-0.25, -0.2) is 0 Å². The minimum absolute atomic E-state index is 0.0532. The number of nitrogens with one attached hydrogen (secondary N) is 1. The SMILES string of the molecule is COc1ccc(C2CCCN2CC(=O)NCCCOCc2ccccc2)c(OC)c1. The van der Waals surface area contributed by atoms with E-state index in [2.05, 4.69) is 10.2 Å². The van der Waals surface area contributed by atoms with Gasteiger partial charge in [0.1, 0.15) is 11.5 Å². The van der Waals surface area contributed by atoms with E-state index in [0.29, 0.717) is 26.3 Å². The van der Waals surface area contributed by atoms with Crippen molar-refractivity contribution in [2.45, 2.75) is 31.9 Å². The van der Waals surface area contributed by atoms with E-state index in [1.165, 1.54) is 0 Å². The Morgan fingerprint density at radius 1 is 1.13 bits per heavy atom. The Kier molecular flexibility index (Phi) is 8.53. The van der Waals surface area contributed by atoms with E-state index in [4.69, 9.17) is 14.2 Å². The second kappa shape index (κ2) is 11.6. The molecule has 0 bridgehead atoms. The van der Waals surface area contributed by atoms with Gasteiger partial charge >= 0.3 is 0 Å². The molecule has 6 heteroatoms. The Morgan fingerprint density at radius 2 is 1.97 bits per heavy atom. The molecule has 1 aliphatic rings. The summed E-state index contributed by atoms with van der Waals surface area (Å²) in [6, 6.07) is 16.2. The molecule has 162 valence electrons. The highest BCUT2D eigenvalue weighted by Gasteiger charge is 2.29. The number of methoxy groups -OCH3 is 2. The first-order chi connectivity index (χ1) is 14.7. The van der Waals surface area contributed by atoms with Crippen molar-refractivity contribution >= 4 is 5.91 Å². The number of ether oxygens (including phenoxy) is 3. The van der Waals surface area contributed by atoms with Gasteiger partial charge in [0, 0.05) is 30.8 Å². The molecular formula is C24H32N2O4. The van der Waals surface area contributed by atoms with Crippen LogP contribution in [-0.4, -0.2) is 51.3 Å². The number of carbonyl (C=O) groups excluding carboxylic acids is 1. The molecule has 1 saturated heterocycles. The van der Waals surface area contributed by atoms with Gasteiger partial charge in [-0.2, -0.15) is 0 Å². The zero-order valence-electron chi connectivity index (χ0n) is 17.9. The van der Waals surface area contributed by atoms with Crippen molar-refractivity contribution in [3.8, 4) is 11.5 Å². The number of likely N-dealkylation sites (tertiary alicyclic amines) is 1. The maximum atomic E-state index is 12.4. The van der Waals surface area contributed by atoms with Crippen LogP contribution < -0.4 is 14.8 Å². The molecule has 1 heterocycles. The summed E-state index contributed by atoms with van der Waals surface area (Å²) in [5.74, 6) is 1.63. The van der Waals surface area contributed by atoms with Gasteiger partial charge in [0.15, 0.2) is 0 Å². The van der Waals surface area contributed by atoms with Crippen LogP contribution in [0, 0.1) is 0 Å². The largest absolute Gasteiger partial charge is 0.497 e. The highest BCUT2D eigenvalue weighted by atomic mass is 16.5. The fraction of sp³-hybridized carbons (Fsp3) is 0.458. The van der Waals surface area contributed by atoms with Crippen molar-refractivity contribution in [2.24, 2.45) is 0 Å². The smallest absolute Gasteiger partial charge is 0.234 e. The number of carbonyl (C=O) groups is 1. The van der Waals surface area contributed by atoms with E-state index in [-0.39, 0.29) is 11.9 Å². The summed E-state index contributed by atoms with van der Waals surface area (Å²) < 4.78 is 16.5. The average molecular weight is 413 g/mol. The van der Waals surface area contributed by atoms with Gasteiger partial charge in [-0.15, -0.1) is 0 Å². The van der Waals surface area contributed by atoms with Crippen molar-refractivity contribution in [1.82, 2.24) is 10.2 Å². The van der Waals surface area contributed by atoms with Gasteiger partial charge in [-0.1, -0.05) is 36.4 Å². The van der Waals surface area contributed by atoms with Crippen LogP contribution in [0.2, 0.25) is 0 Å². The molecule has 0 spiro atoms. The molecular weight excluding hydrogens is 380 g/mol. The lowest BCUT2D eigenvalue weighted by atomic mass is 10.0. The summed E-state index contributed by atoms with van der Waals surface area (Å²) >= 11 is 0. The monoisotopic (exact) mass is 412 g/mol. The zero-order valence-corrected chi connectivity index (χ0v) is 17.9. The summed E-state index contributed by atoms with van der Waals surface area (Å²) in [6.45, 7) is 3.16. The van der Waals surface area contributed by atoms with Crippen molar-refractivity contribution in [3.63, 3.8) is 0 Å². The lowest BCUT2D eigenvalue weighted by molar-refractivity contribution is -0.122. The first-order valence-corrected chi connectivity index (χ1v) is 10.6. The van der Waals surface area contributed by atoms with E-state index in [1.807, 2.05) is 48.5 Å². The molecule has 1 atom stereocenters. The Morgan fingerprint density at radius 3 is 2.73 bits per heavy atom. The topological polar surface area (TPSA) is 60.0 Å². The lowest BCUT2D eigenvalue weighted by Gasteiger charge is -2.25. The predicted molar refractivity (Wildman–Crippen MR) is 117 cm³/mol. The average Bonchev–Trinajstić information content (AvgIpc) is 3.24. The van der Waals surface area contributed by atoms with Gasteiger partial charge in [-0.3, -0.25) is 9.69 Å². The summed E-state index contributed by atoms with van der Waals surface area (Å²) in [6.07, 6.45) is 2.89. The highest BCUT2D eigenvalue weighted by molar-refractivity contribution is 5.78. The second-order valence-electron chi connectivity index (χ2n) is 7.48. The zero-order chi connectivity index (χ0) is 21.2. The van der Waals surface area contributed by atoms with E-state index in [0.717, 1.165) is 48.4 Å².